The van der Waals surface area contributed by atoms with Crippen molar-refractivity contribution in [1.82, 2.24) is 4.98 Å². The van der Waals surface area contributed by atoms with Gasteiger partial charge in [0.25, 0.3) is 0 Å². The standard InChI is InChI=1S/C13H10F3N3S/c14-13(15,16)8-4-1-2-5-9(8)18-11-7-3-6-10(19-11)12(17)20/h1-7H,(H2,17,20)(H,18,19). The number of anilines is 2. The molecule has 1 aromatic heterocycles. The van der Waals surface area contributed by atoms with E-state index in [-0.39, 0.29) is 16.5 Å². The van der Waals surface area contributed by atoms with E-state index in [1.165, 1.54) is 24.3 Å². The van der Waals surface area contributed by atoms with Gasteiger partial charge in [-0.25, -0.2) is 4.98 Å². The first kappa shape index (κ1) is 14.3. The lowest BCUT2D eigenvalue weighted by Gasteiger charge is -2.14. The second kappa shape index (κ2) is 5.46. The maximum atomic E-state index is 12.9. The Morgan fingerprint density at radius 2 is 1.80 bits per heavy atom. The van der Waals surface area contributed by atoms with Gasteiger partial charge in [0.05, 0.1) is 16.9 Å². The van der Waals surface area contributed by atoms with Gasteiger partial charge in [-0.3, -0.25) is 0 Å². The van der Waals surface area contributed by atoms with Gasteiger partial charge in [0.2, 0.25) is 0 Å². The number of hydrogen-bond donors (Lipinski definition) is 2. The first-order valence-corrected chi connectivity index (χ1v) is 5.99. The Balaban J connectivity index is 2.36. The highest BCUT2D eigenvalue weighted by atomic mass is 32.1. The Morgan fingerprint density at radius 3 is 2.45 bits per heavy atom. The molecule has 7 heteroatoms. The number of pyridine rings is 1. The summed E-state index contributed by atoms with van der Waals surface area (Å²) in [6.45, 7) is 0. The third-order valence-electron chi connectivity index (χ3n) is 2.50. The SMILES string of the molecule is NC(=S)c1cccc(Nc2ccccc2C(F)(F)F)n1. The monoisotopic (exact) mass is 297 g/mol. The lowest BCUT2D eigenvalue weighted by Crippen LogP contribution is -2.13. The van der Waals surface area contributed by atoms with Gasteiger partial charge < -0.3 is 11.1 Å². The van der Waals surface area contributed by atoms with Gasteiger partial charge in [-0.2, -0.15) is 13.2 Å². The van der Waals surface area contributed by atoms with Crippen LogP contribution >= 0.6 is 12.2 Å². The van der Waals surface area contributed by atoms with Crippen molar-refractivity contribution < 1.29 is 13.2 Å². The number of halogens is 3. The molecule has 0 unspecified atom stereocenters. The second-order valence-electron chi connectivity index (χ2n) is 3.94. The summed E-state index contributed by atoms with van der Waals surface area (Å²) in [5.41, 5.74) is 4.94. The molecule has 2 aromatic rings. The average Bonchev–Trinajstić information content (AvgIpc) is 2.38. The van der Waals surface area contributed by atoms with Crippen LogP contribution in [0.15, 0.2) is 42.5 Å². The van der Waals surface area contributed by atoms with E-state index in [0.29, 0.717) is 5.69 Å². The molecule has 0 radical (unpaired) electrons. The van der Waals surface area contributed by atoms with Crippen molar-refractivity contribution in [3.05, 3.63) is 53.7 Å². The third-order valence-corrected chi connectivity index (χ3v) is 2.71. The van der Waals surface area contributed by atoms with Gasteiger partial charge in [-0.15, -0.1) is 0 Å². The molecular formula is C13H10F3N3S. The largest absolute Gasteiger partial charge is 0.418 e. The molecule has 1 heterocycles. The van der Waals surface area contributed by atoms with Crippen LogP contribution in [0.3, 0.4) is 0 Å². The van der Waals surface area contributed by atoms with Crippen molar-refractivity contribution in [2.45, 2.75) is 6.18 Å². The number of nitrogens with one attached hydrogen (secondary N) is 1. The van der Waals surface area contributed by atoms with E-state index in [1.54, 1.807) is 12.1 Å². The van der Waals surface area contributed by atoms with Gasteiger partial charge in [-0.1, -0.05) is 30.4 Å². The Morgan fingerprint density at radius 1 is 1.10 bits per heavy atom. The quantitative estimate of drug-likeness (QED) is 0.852. The van der Waals surface area contributed by atoms with Gasteiger partial charge in [0, 0.05) is 0 Å². The summed E-state index contributed by atoms with van der Waals surface area (Å²) in [5.74, 6) is 0.243. The number of benzene rings is 1. The summed E-state index contributed by atoms with van der Waals surface area (Å²) in [7, 11) is 0. The van der Waals surface area contributed by atoms with Crippen LogP contribution in [0, 0.1) is 0 Å². The van der Waals surface area contributed by atoms with Crippen molar-refractivity contribution >= 4 is 28.7 Å². The lowest BCUT2D eigenvalue weighted by molar-refractivity contribution is -0.136. The van der Waals surface area contributed by atoms with Crippen molar-refractivity contribution in [1.29, 1.82) is 0 Å². The van der Waals surface area contributed by atoms with Crippen LogP contribution in [0.5, 0.6) is 0 Å². The van der Waals surface area contributed by atoms with Crippen molar-refractivity contribution in [3.63, 3.8) is 0 Å². The molecule has 3 nitrogen and oxygen atoms in total. The van der Waals surface area contributed by atoms with Gasteiger partial charge in [-0.05, 0) is 24.3 Å². The molecule has 0 spiro atoms. The van der Waals surface area contributed by atoms with Crippen LogP contribution in [0.25, 0.3) is 0 Å². The van der Waals surface area contributed by atoms with Gasteiger partial charge in [0.15, 0.2) is 0 Å². The number of rotatable bonds is 3. The summed E-state index contributed by atoms with van der Waals surface area (Å²) in [4.78, 5) is 4.13. The van der Waals surface area contributed by atoms with Crippen molar-refractivity contribution in [2.24, 2.45) is 5.73 Å². The van der Waals surface area contributed by atoms with Crippen LogP contribution in [0.2, 0.25) is 0 Å². The fourth-order valence-corrected chi connectivity index (χ4v) is 1.73. The smallest absolute Gasteiger partial charge is 0.388 e. The molecule has 0 aliphatic rings. The molecule has 1 aromatic carbocycles. The predicted octanol–water partition coefficient (Wildman–Crippen LogP) is 3.48. The zero-order valence-electron chi connectivity index (χ0n) is 10.1. The zero-order chi connectivity index (χ0) is 14.8. The van der Waals surface area contributed by atoms with E-state index in [9.17, 15) is 13.2 Å². The lowest BCUT2D eigenvalue weighted by atomic mass is 10.1. The molecular weight excluding hydrogens is 287 g/mol. The maximum absolute atomic E-state index is 12.9. The average molecular weight is 297 g/mol. The molecule has 0 atom stereocenters. The van der Waals surface area contributed by atoms with Crippen molar-refractivity contribution in [2.75, 3.05) is 5.32 Å². The summed E-state index contributed by atoms with van der Waals surface area (Å²) < 4.78 is 38.6. The second-order valence-corrected chi connectivity index (χ2v) is 4.38. The highest BCUT2D eigenvalue weighted by Crippen LogP contribution is 2.35. The Bertz CT molecular complexity index is 641. The molecule has 0 aliphatic heterocycles. The minimum atomic E-state index is -4.44. The van der Waals surface area contributed by atoms with E-state index in [0.717, 1.165) is 6.07 Å². The fourth-order valence-electron chi connectivity index (χ4n) is 1.62. The van der Waals surface area contributed by atoms with E-state index in [4.69, 9.17) is 18.0 Å². The molecule has 0 bridgehead atoms. The minimum absolute atomic E-state index is 0.0763. The van der Waals surface area contributed by atoms with E-state index < -0.39 is 11.7 Å². The molecule has 20 heavy (non-hydrogen) atoms. The Labute approximate surface area is 118 Å². The van der Waals surface area contributed by atoms with Crippen LogP contribution in [-0.4, -0.2) is 9.97 Å². The highest BCUT2D eigenvalue weighted by molar-refractivity contribution is 7.80. The number of thiocarbonyl (C=S) groups is 1. The summed E-state index contributed by atoms with van der Waals surface area (Å²) in [5, 5.41) is 2.63. The van der Waals surface area contributed by atoms with Crippen LogP contribution in [0.4, 0.5) is 24.7 Å². The summed E-state index contributed by atoms with van der Waals surface area (Å²) in [6, 6.07) is 9.90. The number of hydrogen-bond acceptors (Lipinski definition) is 3. The minimum Gasteiger partial charge on any atom is -0.388 e. The number of para-hydroxylation sites is 1. The number of nitrogens with two attached hydrogens (primary N) is 1. The van der Waals surface area contributed by atoms with E-state index >= 15 is 0 Å². The summed E-state index contributed by atoms with van der Waals surface area (Å²) in [6.07, 6.45) is -4.44. The molecule has 2 rings (SSSR count). The van der Waals surface area contributed by atoms with Crippen LogP contribution in [0.1, 0.15) is 11.3 Å². The zero-order valence-corrected chi connectivity index (χ0v) is 10.9. The van der Waals surface area contributed by atoms with Crippen LogP contribution in [-0.2, 0) is 6.18 Å². The molecule has 0 saturated carbocycles. The van der Waals surface area contributed by atoms with E-state index in [1.807, 2.05) is 0 Å². The molecule has 3 N–H and O–H groups in total. The third kappa shape index (κ3) is 3.24. The highest BCUT2D eigenvalue weighted by Gasteiger charge is 2.33. The molecule has 104 valence electrons. The number of nitrogens with zero attached hydrogens (tertiary/aromatic N) is 1. The molecule has 0 saturated heterocycles. The number of aromatic nitrogens is 1. The maximum Gasteiger partial charge on any atom is 0.418 e. The Kier molecular flexibility index (Phi) is 3.89. The van der Waals surface area contributed by atoms with Crippen LogP contribution < -0.4 is 11.1 Å². The van der Waals surface area contributed by atoms with Gasteiger partial charge in [0.1, 0.15) is 10.8 Å². The molecule has 0 amide bonds. The normalized spacial score (nSPS) is 11.2. The molecule has 0 fully saturated rings. The molecule has 0 aliphatic carbocycles. The van der Waals surface area contributed by atoms with Crippen molar-refractivity contribution in [3.8, 4) is 0 Å². The predicted molar refractivity (Wildman–Crippen MR) is 74.9 cm³/mol. The number of alkyl halides is 3. The summed E-state index contributed by atoms with van der Waals surface area (Å²) >= 11 is 4.78. The Hall–Kier alpha value is -2.15. The fraction of sp³-hybridized carbons (Fsp3) is 0.0769. The first-order chi connectivity index (χ1) is 9.38. The van der Waals surface area contributed by atoms with E-state index in [2.05, 4.69) is 10.3 Å². The first-order valence-electron chi connectivity index (χ1n) is 5.58. The van der Waals surface area contributed by atoms with Gasteiger partial charge >= 0.3 is 6.18 Å². The topological polar surface area (TPSA) is 50.9 Å².